The van der Waals surface area contributed by atoms with Crippen molar-refractivity contribution in [2.45, 2.75) is 62.4 Å². The number of nitrogens with zero attached hydrogens (tertiary/aromatic N) is 2. The number of rotatable bonds is 3. The molecule has 6 heteroatoms. The number of carbonyl (C=O) groups excluding carboxylic acids is 2. The van der Waals surface area contributed by atoms with E-state index in [2.05, 4.69) is 15.9 Å². The van der Waals surface area contributed by atoms with Gasteiger partial charge < -0.3 is 15.5 Å². The van der Waals surface area contributed by atoms with E-state index >= 15 is 0 Å². The van der Waals surface area contributed by atoms with Gasteiger partial charge in [0.15, 0.2) is 0 Å². The van der Waals surface area contributed by atoms with Crippen molar-refractivity contribution in [2.24, 2.45) is 11.1 Å². The minimum Gasteiger partial charge on any atom is -0.369 e. The fraction of sp³-hybridized carbons (Fsp3) is 0.619. The summed E-state index contributed by atoms with van der Waals surface area (Å²) in [5.74, 6) is -0.153. The highest BCUT2D eigenvalue weighted by molar-refractivity contribution is 6.30. The van der Waals surface area contributed by atoms with Crippen LogP contribution in [0.1, 0.15) is 56.9 Å². The molecule has 0 spiro atoms. The van der Waals surface area contributed by atoms with Crippen molar-refractivity contribution in [3.8, 4) is 0 Å². The predicted molar refractivity (Wildman–Crippen MR) is 103 cm³/mol. The number of benzene rings is 1. The van der Waals surface area contributed by atoms with Gasteiger partial charge in [-0.3, -0.25) is 4.79 Å². The highest BCUT2D eigenvalue weighted by Crippen LogP contribution is 2.57. The van der Waals surface area contributed by atoms with Crippen LogP contribution in [0, 0.1) is 5.41 Å². The third kappa shape index (κ3) is 2.24. The molecule has 3 amide bonds. The number of carbonyl (C=O) groups is 2. The number of nitrogens with two attached hydrogens (primary N) is 1. The molecule has 2 saturated heterocycles. The highest BCUT2D eigenvalue weighted by atomic mass is 35.5. The molecule has 144 valence electrons. The summed E-state index contributed by atoms with van der Waals surface area (Å²) in [7, 11) is 0. The maximum Gasteiger partial charge on any atom is 0.321 e. The van der Waals surface area contributed by atoms with Crippen LogP contribution in [0.25, 0.3) is 0 Å². The third-order valence-electron chi connectivity index (χ3n) is 8.03. The van der Waals surface area contributed by atoms with E-state index in [-0.39, 0.29) is 28.4 Å². The SMILES string of the molecule is NC(=O)C12CCC(N3CC4(c5cccc(Cl)c5)CCCN4C3=O)(CC1)CC2. The summed E-state index contributed by atoms with van der Waals surface area (Å²) in [5.41, 5.74) is 6.17. The smallest absolute Gasteiger partial charge is 0.321 e. The Bertz CT molecular complexity index is 801. The van der Waals surface area contributed by atoms with Crippen LogP contribution in [0.3, 0.4) is 0 Å². The van der Waals surface area contributed by atoms with E-state index in [1.54, 1.807) is 0 Å². The Balaban J connectivity index is 1.48. The van der Waals surface area contributed by atoms with Gasteiger partial charge in [-0.1, -0.05) is 23.7 Å². The van der Waals surface area contributed by atoms with Gasteiger partial charge in [0.1, 0.15) is 0 Å². The fourth-order valence-corrected chi connectivity index (χ4v) is 6.47. The van der Waals surface area contributed by atoms with Crippen molar-refractivity contribution in [2.75, 3.05) is 13.1 Å². The van der Waals surface area contributed by atoms with Gasteiger partial charge in [-0.2, -0.15) is 0 Å². The predicted octanol–water partition coefficient (Wildman–Crippen LogP) is 3.65. The molecule has 0 radical (unpaired) electrons. The van der Waals surface area contributed by atoms with Gasteiger partial charge in [0.25, 0.3) is 0 Å². The van der Waals surface area contributed by atoms with Crippen molar-refractivity contribution in [3.63, 3.8) is 0 Å². The van der Waals surface area contributed by atoms with E-state index in [0.717, 1.165) is 75.0 Å². The summed E-state index contributed by atoms with van der Waals surface area (Å²) in [6.07, 6.45) is 7.13. The lowest BCUT2D eigenvalue weighted by Gasteiger charge is -2.55. The summed E-state index contributed by atoms with van der Waals surface area (Å²) < 4.78 is 0. The molecule has 6 rings (SSSR count). The Morgan fingerprint density at radius 3 is 2.37 bits per heavy atom. The first-order valence-electron chi connectivity index (χ1n) is 10.1. The second-order valence-corrected chi connectivity index (χ2v) is 9.47. The zero-order valence-corrected chi connectivity index (χ0v) is 16.3. The van der Waals surface area contributed by atoms with Crippen molar-refractivity contribution in [1.29, 1.82) is 0 Å². The molecule has 2 aliphatic heterocycles. The summed E-state index contributed by atoms with van der Waals surface area (Å²) >= 11 is 6.28. The van der Waals surface area contributed by atoms with Crippen molar-refractivity contribution < 1.29 is 9.59 Å². The molecule has 1 unspecified atom stereocenters. The number of amides is 3. The van der Waals surface area contributed by atoms with Crippen molar-refractivity contribution in [3.05, 3.63) is 34.9 Å². The van der Waals surface area contributed by atoms with Gasteiger partial charge >= 0.3 is 6.03 Å². The molecule has 5 aliphatic rings. The maximum absolute atomic E-state index is 13.5. The molecule has 1 atom stereocenters. The third-order valence-corrected chi connectivity index (χ3v) is 8.27. The first kappa shape index (κ1) is 17.4. The fourth-order valence-electron chi connectivity index (χ4n) is 6.28. The van der Waals surface area contributed by atoms with Crippen LogP contribution in [0.2, 0.25) is 5.02 Å². The molecule has 3 aliphatic carbocycles. The van der Waals surface area contributed by atoms with Crippen molar-refractivity contribution >= 4 is 23.5 Å². The van der Waals surface area contributed by atoms with E-state index in [1.807, 2.05) is 18.2 Å². The molecule has 5 nitrogen and oxygen atoms in total. The Morgan fingerprint density at radius 1 is 1.04 bits per heavy atom. The van der Waals surface area contributed by atoms with Crippen LogP contribution in [0.15, 0.2) is 24.3 Å². The minimum absolute atomic E-state index is 0.107. The molecule has 0 aromatic heterocycles. The lowest BCUT2D eigenvalue weighted by molar-refractivity contribution is -0.137. The first-order chi connectivity index (χ1) is 12.9. The van der Waals surface area contributed by atoms with Crippen LogP contribution in [-0.2, 0) is 10.3 Å². The number of halogens is 1. The standard InChI is InChI=1S/C21H26ClN3O2/c22-16-4-1-3-15(13-16)21-5-2-12-24(21)18(27)25(14-21)20-9-6-19(7-10-20,8-11-20)17(23)26/h1,3-4,13H,2,5-12,14H2,(H2,23,26). The molecule has 2 N–H and O–H groups in total. The van der Waals surface area contributed by atoms with Crippen LogP contribution < -0.4 is 5.73 Å². The van der Waals surface area contributed by atoms with Gasteiger partial charge in [-0.25, -0.2) is 4.79 Å². The highest BCUT2D eigenvalue weighted by Gasteiger charge is 2.61. The molecule has 1 aromatic carbocycles. The van der Waals surface area contributed by atoms with Crippen LogP contribution in [0.5, 0.6) is 0 Å². The maximum atomic E-state index is 13.5. The number of primary amides is 1. The number of hydrogen-bond acceptors (Lipinski definition) is 2. The van der Waals surface area contributed by atoms with Gasteiger partial charge in [-0.05, 0) is 69.1 Å². The number of urea groups is 1. The molecule has 3 saturated carbocycles. The quantitative estimate of drug-likeness (QED) is 0.860. The van der Waals surface area contributed by atoms with E-state index in [4.69, 9.17) is 17.3 Å². The number of fused-ring (bicyclic) bond motifs is 4. The Kier molecular flexibility index (Phi) is 3.62. The zero-order valence-electron chi connectivity index (χ0n) is 15.5. The van der Waals surface area contributed by atoms with E-state index in [1.165, 1.54) is 0 Å². The molecule has 2 heterocycles. The van der Waals surface area contributed by atoms with Crippen LogP contribution >= 0.6 is 11.6 Å². The first-order valence-corrected chi connectivity index (χ1v) is 10.4. The molecule has 27 heavy (non-hydrogen) atoms. The summed E-state index contributed by atoms with van der Waals surface area (Å²) in [4.78, 5) is 29.7. The molecule has 5 fully saturated rings. The summed E-state index contributed by atoms with van der Waals surface area (Å²) in [5, 5.41) is 0.722. The number of hydrogen-bond donors (Lipinski definition) is 1. The lowest BCUT2D eigenvalue weighted by Crippen LogP contribution is -2.60. The average Bonchev–Trinajstić information content (AvgIpc) is 3.23. The van der Waals surface area contributed by atoms with Gasteiger partial charge in [0.2, 0.25) is 5.91 Å². The second kappa shape index (κ2) is 5.63. The lowest BCUT2D eigenvalue weighted by atomic mass is 9.56. The minimum atomic E-state index is -0.328. The molecular formula is C21H26ClN3O2. The topological polar surface area (TPSA) is 66.6 Å². The summed E-state index contributed by atoms with van der Waals surface area (Å²) in [6, 6.07) is 8.17. The van der Waals surface area contributed by atoms with Crippen LogP contribution in [0.4, 0.5) is 4.79 Å². The normalized spacial score (nSPS) is 37.7. The Hall–Kier alpha value is -1.75. The zero-order chi connectivity index (χ0) is 18.9. The monoisotopic (exact) mass is 387 g/mol. The average molecular weight is 388 g/mol. The summed E-state index contributed by atoms with van der Waals surface area (Å²) in [6.45, 7) is 1.54. The van der Waals surface area contributed by atoms with Gasteiger partial charge in [-0.15, -0.1) is 0 Å². The molecule has 2 bridgehead atoms. The molecule has 1 aromatic rings. The van der Waals surface area contributed by atoms with Gasteiger partial charge in [0.05, 0.1) is 12.1 Å². The van der Waals surface area contributed by atoms with Crippen molar-refractivity contribution in [1.82, 2.24) is 9.80 Å². The van der Waals surface area contributed by atoms with Gasteiger partial charge in [0, 0.05) is 22.5 Å². The Morgan fingerprint density at radius 2 is 1.74 bits per heavy atom. The molecular weight excluding hydrogens is 362 g/mol. The van der Waals surface area contributed by atoms with E-state index in [0.29, 0.717) is 0 Å². The second-order valence-electron chi connectivity index (χ2n) is 9.03. The Labute approximate surface area is 164 Å². The van der Waals surface area contributed by atoms with E-state index in [9.17, 15) is 9.59 Å². The van der Waals surface area contributed by atoms with Crippen LogP contribution in [-0.4, -0.2) is 40.4 Å². The van der Waals surface area contributed by atoms with E-state index < -0.39 is 0 Å². The largest absolute Gasteiger partial charge is 0.369 e.